The Morgan fingerprint density at radius 1 is 0.914 bits per heavy atom. The second-order valence-corrected chi connectivity index (χ2v) is 9.09. The van der Waals surface area contributed by atoms with Crippen molar-refractivity contribution in [1.82, 2.24) is 14.7 Å². The van der Waals surface area contributed by atoms with Crippen LogP contribution in [0.1, 0.15) is 29.4 Å². The van der Waals surface area contributed by atoms with E-state index in [1.807, 2.05) is 54.3 Å². The number of carbonyl (C=O) groups excluding carboxylic acids is 2. The first-order chi connectivity index (χ1) is 17.0. The molecule has 8 heteroatoms. The van der Waals surface area contributed by atoms with Crippen molar-refractivity contribution in [3.8, 4) is 0 Å². The van der Waals surface area contributed by atoms with Crippen LogP contribution >= 0.6 is 0 Å². The molecule has 1 aromatic heterocycles. The lowest BCUT2D eigenvalue weighted by atomic mass is 10.1. The number of aryl methyl sites for hydroxylation is 1. The molecule has 35 heavy (non-hydrogen) atoms. The molecule has 0 unspecified atom stereocenters. The van der Waals surface area contributed by atoms with Crippen LogP contribution < -0.4 is 15.4 Å². The number of amides is 2. The SMILES string of the molecule is C[C@H]1Cc2ccccc2N1C(=O)c1ccc(=O)n(CCC(=O)N2CCN(c3ccccc3)CC2)n1. The van der Waals surface area contributed by atoms with Gasteiger partial charge >= 0.3 is 0 Å². The number of nitrogens with zero attached hydrogens (tertiary/aromatic N) is 5. The first-order valence-electron chi connectivity index (χ1n) is 12.1. The van der Waals surface area contributed by atoms with Crippen molar-refractivity contribution in [2.45, 2.75) is 32.4 Å². The van der Waals surface area contributed by atoms with Gasteiger partial charge < -0.3 is 14.7 Å². The Morgan fingerprint density at radius 2 is 1.63 bits per heavy atom. The predicted octanol–water partition coefficient (Wildman–Crippen LogP) is 2.57. The second kappa shape index (κ2) is 9.74. The van der Waals surface area contributed by atoms with Crippen molar-refractivity contribution in [3.05, 3.63) is 88.3 Å². The van der Waals surface area contributed by atoms with Crippen molar-refractivity contribution in [2.75, 3.05) is 36.0 Å². The fraction of sp³-hybridized carbons (Fsp3) is 0.333. The smallest absolute Gasteiger partial charge is 0.278 e. The van der Waals surface area contributed by atoms with Gasteiger partial charge in [-0.15, -0.1) is 0 Å². The lowest BCUT2D eigenvalue weighted by Gasteiger charge is -2.36. The molecule has 1 fully saturated rings. The monoisotopic (exact) mass is 471 g/mol. The van der Waals surface area contributed by atoms with E-state index in [0.29, 0.717) is 13.1 Å². The van der Waals surface area contributed by atoms with Gasteiger partial charge in [-0.2, -0.15) is 5.10 Å². The molecular formula is C27H29N5O3. The molecule has 1 atom stereocenters. The van der Waals surface area contributed by atoms with Crippen LogP contribution in [-0.2, 0) is 17.8 Å². The van der Waals surface area contributed by atoms with Crippen LogP contribution in [0, 0.1) is 0 Å². The third-order valence-corrected chi connectivity index (χ3v) is 6.80. The Bertz CT molecular complexity index is 1280. The summed E-state index contributed by atoms with van der Waals surface area (Å²) in [5.74, 6) is -0.246. The zero-order valence-corrected chi connectivity index (χ0v) is 19.8. The van der Waals surface area contributed by atoms with Crippen LogP contribution in [0.25, 0.3) is 0 Å². The first-order valence-corrected chi connectivity index (χ1v) is 12.1. The van der Waals surface area contributed by atoms with Crippen molar-refractivity contribution < 1.29 is 9.59 Å². The number of benzene rings is 2. The van der Waals surface area contributed by atoms with Crippen LogP contribution in [0.2, 0.25) is 0 Å². The number of hydrogen-bond donors (Lipinski definition) is 0. The molecule has 2 amide bonds. The van der Waals surface area contributed by atoms with E-state index in [0.717, 1.165) is 36.4 Å². The van der Waals surface area contributed by atoms with Gasteiger partial charge in [-0.1, -0.05) is 36.4 Å². The lowest BCUT2D eigenvalue weighted by molar-refractivity contribution is -0.131. The van der Waals surface area contributed by atoms with Crippen LogP contribution in [-0.4, -0.2) is 58.7 Å². The summed E-state index contributed by atoms with van der Waals surface area (Å²) in [5, 5.41) is 4.33. The summed E-state index contributed by atoms with van der Waals surface area (Å²) < 4.78 is 1.23. The van der Waals surface area contributed by atoms with E-state index in [1.165, 1.54) is 16.8 Å². The molecule has 3 aromatic rings. The summed E-state index contributed by atoms with van der Waals surface area (Å²) in [6.07, 6.45) is 0.951. The van der Waals surface area contributed by atoms with E-state index in [-0.39, 0.29) is 42.1 Å². The number of aromatic nitrogens is 2. The fourth-order valence-electron chi connectivity index (χ4n) is 4.93. The number of anilines is 2. The van der Waals surface area contributed by atoms with Gasteiger partial charge in [0.05, 0.1) is 6.54 Å². The number of fused-ring (bicyclic) bond motifs is 1. The topological polar surface area (TPSA) is 78.8 Å². The van der Waals surface area contributed by atoms with Gasteiger partial charge in [0, 0.05) is 56.1 Å². The van der Waals surface area contributed by atoms with Crippen LogP contribution in [0.4, 0.5) is 11.4 Å². The highest BCUT2D eigenvalue weighted by Gasteiger charge is 2.32. The lowest BCUT2D eigenvalue weighted by Crippen LogP contribution is -2.49. The van der Waals surface area contributed by atoms with Gasteiger partial charge in [0.1, 0.15) is 5.69 Å². The maximum Gasteiger partial charge on any atom is 0.278 e. The number of rotatable bonds is 5. The van der Waals surface area contributed by atoms with Crippen molar-refractivity contribution in [3.63, 3.8) is 0 Å². The highest BCUT2D eigenvalue weighted by molar-refractivity contribution is 6.06. The zero-order valence-electron chi connectivity index (χ0n) is 19.8. The number of carbonyl (C=O) groups is 2. The number of hydrogen-bond acceptors (Lipinski definition) is 5. The van der Waals surface area contributed by atoms with E-state index >= 15 is 0 Å². The quantitative estimate of drug-likeness (QED) is 0.572. The van der Waals surface area contributed by atoms with Crippen molar-refractivity contribution >= 4 is 23.2 Å². The van der Waals surface area contributed by atoms with Crippen molar-refractivity contribution in [1.29, 1.82) is 0 Å². The van der Waals surface area contributed by atoms with E-state index in [4.69, 9.17) is 0 Å². The molecule has 1 saturated heterocycles. The third-order valence-electron chi connectivity index (χ3n) is 6.80. The Kier molecular flexibility index (Phi) is 6.35. The summed E-state index contributed by atoms with van der Waals surface area (Å²) in [6, 6.07) is 20.9. The Balaban J connectivity index is 1.22. The second-order valence-electron chi connectivity index (χ2n) is 9.09. The molecule has 0 saturated carbocycles. The highest BCUT2D eigenvalue weighted by atomic mass is 16.2. The summed E-state index contributed by atoms with van der Waals surface area (Å²) in [7, 11) is 0. The molecular weight excluding hydrogens is 442 g/mol. The van der Waals surface area contributed by atoms with Gasteiger partial charge in [-0.05, 0) is 43.2 Å². The van der Waals surface area contributed by atoms with Gasteiger partial charge in [0.25, 0.3) is 11.5 Å². The number of piperazine rings is 1. The molecule has 0 aliphatic carbocycles. The molecule has 0 N–H and O–H groups in total. The molecule has 2 aromatic carbocycles. The van der Waals surface area contributed by atoms with Crippen LogP contribution in [0.5, 0.6) is 0 Å². The number of para-hydroxylation sites is 2. The molecule has 5 rings (SSSR count). The Labute approximate surface area is 204 Å². The van der Waals surface area contributed by atoms with Gasteiger partial charge in [-0.25, -0.2) is 4.68 Å². The maximum absolute atomic E-state index is 13.3. The fourth-order valence-corrected chi connectivity index (χ4v) is 4.93. The molecule has 2 aliphatic rings. The molecule has 180 valence electrons. The summed E-state index contributed by atoms with van der Waals surface area (Å²) >= 11 is 0. The molecule has 8 nitrogen and oxygen atoms in total. The summed E-state index contributed by atoms with van der Waals surface area (Å²) in [5.41, 5.74) is 3.05. The molecule has 0 radical (unpaired) electrons. The predicted molar refractivity (Wildman–Crippen MR) is 135 cm³/mol. The van der Waals surface area contributed by atoms with Gasteiger partial charge in [0.15, 0.2) is 0 Å². The van der Waals surface area contributed by atoms with Gasteiger partial charge in [0.2, 0.25) is 5.91 Å². The Hall–Kier alpha value is -3.94. The molecule has 0 bridgehead atoms. The van der Waals surface area contributed by atoms with Crippen molar-refractivity contribution in [2.24, 2.45) is 0 Å². The minimum Gasteiger partial charge on any atom is -0.368 e. The van der Waals surface area contributed by atoms with E-state index in [1.54, 1.807) is 4.90 Å². The standard InChI is InChI=1S/C27H29N5O3/c1-20-19-21-7-5-6-10-24(21)32(20)27(35)23-11-12-26(34)31(28-23)14-13-25(33)30-17-15-29(16-18-30)22-8-3-2-4-9-22/h2-12,20H,13-19H2,1H3/t20-/m0/s1. The normalized spacial score (nSPS) is 17.4. The average molecular weight is 472 g/mol. The van der Waals surface area contributed by atoms with E-state index in [9.17, 15) is 14.4 Å². The van der Waals surface area contributed by atoms with Crippen LogP contribution in [0.3, 0.4) is 0 Å². The molecule has 3 heterocycles. The van der Waals surface area contributed by atoms with E-state index < -0.39 is 0 Å². The van der Waals surface area contributed by atoms with E-state index in [2.05, 4.69) is 22.1 Å². The third kappa shape index (κ3) is 4.69. The summed E-state index contributed by atoms with van der Waals surface area (Å²) in [4.78, 5) is 44.4. The Morgan fingerprint density at radius 3 is 2.40 bits per heavy atom. The zero-order chi connectivity index (χ0) is 24.4. The maximum atomic E-state index is 13.3. The minimum atomic E-state index is -0.321. The summed E-state index contributed by atoms with van der Waals surface area (Å²) in [6.45, 7) is 4.97. The molecule has 0 spiro atoms. The average Bonchev–Trinajstić information content (AvgIpc) is 3.23. The minimum absolute atomic E-state index is 0.00904. The largest absolute Gasteiger partial charge is 0.368 e. The van der Waals surface area contributed by atoms with Crippen LogP contribution in [0.15, 0.2) is 71.5 Å². The molecule has 2 aliphatic heterocycles. The highest BCUT2D eigenvalue weighted by Crippen LogP contribution is 2.32. The van der Waals surface area contributed by atoms with Gasteiger partial charge in [-0.3, -0.25) is 14.4 Å². The first kappa shape index (κ1) is 22.8.